The van der Waals surface area contributed by atoms with Crippen molar-refractivity contribution < 1.29 is 28.5 Å². The Labute approximate surface area is 257 Å². The van der Waals surface area contributed by atoms with Gasteiger partial charge in [0.2, 0.25) is 0 Å². The first-order valence-corrected chi connectivity index (χ1v) is 18.0. The minimum Gasteiger partial charge on any atom is -0.402 e. The average molecular weight is 591 g/mol. The van der Waals surface area contributed by atoms with Gasteiger partial charge in [0.25, 0.3) is 0 Å². The summed E-state index contributed by atoms with van der Waals surface area (Å²) in [6, 6.07) is 0. The summed E-state index contributed by atoms with van der Waals surface area (Å²) >= 11 is 0. The normalized spacial score (nSPS) is 29.8. The Morgan fingerprint density at radius 1 is 0.619 bits per heavy atom. The van der Waals surface area contributed by atoms with Crippen LogP contribution in [0.3, 0.4) is 0 Å². The molecule has 0 radical (unpaired) electrons. The van der Waals surface area contributed by atoms with Gasteiger partial charge in [-0.2, -0.15) is 0 Å². The van der Waals surface area contributed by atoms with Crippen molar-refractivity contribution >= 4 is 5.97 Å². The Hall–Kier alpha value is -0.950. The van der Waals surface area contributed by atoms with Crippen molar-refractivity contribution in [2.45, 2.75) is 204 Å². The highest BCUT2D eigenvalue weighted by molar-refractivity contribution is 5.87. The molecule has 242 valence electrons. The quantitative estimate of drug-likeness (QED) is 0.115. The molecular formula is C36H62O6. The monoisotopic (exact) mass is 590 g/mol. The largest absolute Gasteiger partial charge is 0.402 e. The van der Waals surface area contributed by atoms with E-state index in [1.807, 2.05) is 0 Å². The second-order valence-corrected chi connectivity index (χ2v) is 13.8. The minimum atomic E-state index is -1.57. The molecule has 0 amide bonds. The van der Waals surface area contributed by atoms with E-state index in [9.17, 15) is 4.79 Å². The Bertz CT molecular complexity index is 765. The van der Waals surface area contributed by atoms with Crippen molar-refractivity contribution in [2.75, 3.05) is 6.61 Å². The van der Waals surface area contributed by atoms with Gasteiger partial charge in [-0.15, -0.1) is 0 Å². The van der Waals surface area contributed by atoms with Crippen molar-refractivity contribution in [3.05, 3.63) is 12.2 Å². The van der Waals surface area contributed by atoms with E-state index in [2.05, 4.69) is 6.58 Å². The van der Waals surface area contributed by atoms with E-state index in [1.165, 1.54) is 96.3 Å². The number of carbonyl (C=O) groups excluding carboxylic acids is 1. The molecule has 1 aliphatic heterocycles. The summed E-state index contributed by atoms with van der Waals surface area (Å²) in [4.78, 5) is 13.2. The summed E-state index contributed by atoms with van der Waals surface area (Å²) in [7, 11) is 0. The summed E-state index contributed by atoms with van der Waals surface area (Å²) in [5, 5.41) is 0. The van der Waals surface area contributed by atoms with Crippen LogP contribution in [0.15, 0.2) is 12.2 Å². The maximum Gasteiger partial charge on any atom is 0.354 e. The van der Waals surface area contributed by atoms with Crippen LogP contribution in [-0.2, 0) is 28.5 Å². The molecule has 0 aromatic carbocycles. The molecule has 4 atom stereocenters. The lowest BCUT2D eigenvalue weighted by Crippen LogP contribution is -2.51. The topological polar surface area (TPSA) is 66.5 Å². The lowest BCUT2D eigenvalue weighted by atomic mass is 9.98. The predicted molar refractivity (Wildman–Crippen MR) is 167 cm³/mol. The van der Waals surface area contributed by atoms with Crippen LogP contribution < -0.4 is 0 Å². The first kappa shape index (κ1) is 33.9. The van der Waals surface area contributed by atoms with Gasteiger partial charge in [-0.25, -0.2) is 4.79 Å². The summed E-state index contributed by atoms with van der Waals surface area (Å²) in [6.07, 6.45) is 29.6. The van der Waals surface area contributed by atoms with Crippen molar-refractivity contribution in [1.29, 1.82) is 0 Å². The molecule has 3 saturated carbocycles. The number of rotatable bonds is 9. The SMILES string of the molecule is C=C(C)C(=O)OC(COC1CCCCCCCCC1)(OC1CCCCCCCCC1)OC1CCCCCCC2OC2C1. The highest BCUT2D eigenvalue weighted by Gasteiger charge is 2.46. The van der Waals surface area contributed by atoms with Gasteiger partial charge in [-0.3, -0.25) is 0 Å². The van der Waals surface area contributed by atoms with Crippen molar-refractivity contribution in [1.82, 2.24) is 0 Å². The number of hydrogen-bond acceptors (Lipinski definition) is 6. The van der Waals surface area contributed by atoms with Crippen LogP contribution in [-0.4, -0.2) is 49.1 Å². The summed E-state index contributed by atoms with van der Waals surface area (Å²) in [6.45, 7) is 5.71. The molecule has 1 saturated heterocycles. The third-order valence-corrected chi connectivity index (χ3v) is 9.84. The summed E-state index contributed by atoms with van der Waals surface area (Å²) in [5.41, 5.74) is 0.354. The molecule has 0 N–H and O–H groups in total. The molecule has 4 aliphatic rings. The van der Waals surface area contributed by atoms with Gasteiger partial charge in [-0.1, -0.05) is 122 Å². The molecule has 0 bridgehead atoms. The van der Waals surface area contributed by atoms with Gasteiger partial charge in [-0.05, 0) is 45.4 Å². The van der Waals surface area contributed by atoms with Crippen LogP contribution in [0.5, 0.6) is 0 Å². The highest BCUT2D eigenvalue weighted by atomic mass is 16.9. The second kappa shape index (κ2) is 18.8. The lowest BCUT2D eigenvalue weighted by Gasteiger charge is -2.39. The van der Waals surface area contributed by atoms with E-state index < -0.39 is 11.9 Å². The van der Waals surface area contributed by atoms with Crippen LogP contribution in [0.2, 0.25) is 0 Å². The zero-order valence-corrected chi connectivity index (χ0v) is 26.9. The second-order valence-electron chi connectivity index (χ2n) is 13.8. The van der Waals surface area contributed by atoms with Crippen LogP contribution in [0.1, 0.15) is 167 Å². The van der Waals surface area contributed by atoms with E-state index >= 15 is 0 Å². The van der Waals surface area contributed by atoms with Gasteiger partial charge in [0, 0.05) is 12.0 Å². The number of carbonyl (C=O) groups is 1. The van der Waals surface area contributed by atoms with Gasteiger partial charge >= 0.3 is 11.9 Å². The maximum absolute atomic E-state index is 13.2. The molecule has 42 heavy (non-hydrogen) atoms. The fourth-order valence-corrected chi connectivity index (χ4v) is 7.15. The van der Waals surface area contributed by atoms with E-state index in [1.54, 1.807) is 6.92 Å². The Kier molecular flexibility index (Phi) is 15.2. The number of ether oxygens (including phenoxy) is 5. The minimum absolute atomic E-state index is 0.0295. The zero-order chi connectivity index (χ0) is 29.5. The lowest BCUT2D eigenvalue weighted by molar-refractivity contribution is -0.405. The molecule has 4 unspecified atom stereocenters. The highest BCUT2D eigenvalue weighted by Crippen LogP contribution is 2.37. The first-order valence-electron chi connectivity index (χ1n) is 18.0. The third-order valence-electron chi connectivity index (χ3n) is 9.84. The van der Waals surface area contributed by atoms with E-state index in [4.69, 9.17) is 23.7 Å². The van der Waals surface area contributed by atoms with Crippen LogP contribution in [0.25, 0.3) is 0 Å². The molecular weight excluding hydrogens is 528 g/mol. The third kappa shape index (κ3) is 12.6. The van der Waals surface area contributed by atoms with Crippen molar-refractivity contribution in [2.24, 2.45) is 0 Å². The first-order chi connectivity index (χ1) is 20.5. The van der Waals surface area contributed by atoms with Gasteiger partial charge in [0.05, 0.1) is 30.5 Å². The van der Waals surface area contributed by atoms with Gasteiger partial charge in [0.15, 0.2) is 0 Å². The van der Waals surface area contributed by atoms with Crippen LogP contribution in [0.4, 0.5) is 0 Å². The molecule has 4 rings (SSSR count). The van der Waals surface area contributed by atoms with Gasteiger partial charge < -0.3 is 23.7 Å². The molecule has 0 aromatic rings. The van der Waals surface area contributed by atoms with Crippen LogP contribution in [0, 0.1) is 0 Å². The smallest absolute Gasteiger partial charge is 0.354 e. The zero-order valence-electron chi connectivity index (χ0n) is 26.9. The average Bonchev–Trinajstić information content (AvgIpc) is 3.73. The summed E-state index contributed by atoms with van der Waals surface area (Å²) < 4.78 is 32.9. The molecule has 4 fully saturated rings. The molecule has 1 heterocycles. The Morgan fingerprint density at radius 2 is 1.05 bits per heavy atom. The summed E-state index contributed by atoms with van der Waals surface area (Å²) in [5.74, 6) is -2.04. The van der Waals surface area contributed by atoms with Crippen molar-refractivity contribution in [3.63, 3.8) is 0 Å². The maximum atomic E-state index is 13.2. The fraction of sp³-hybridized carbons (Fsp3) is 0.917. The van der Waals surface area contributed by atoms with Gasteiger partial charge in [0.1, 0.15) is 6.61 Å². The molecule has 3 aliphatic carbocycles. The predicted octanol–water partition coefficient (Wildman–Crippen LogP) is 9.48. The van der Waals surface area contributed by atoms with E-state index in [0.717, 1.165) is 64.2 Å². The Morgan fingerprint density at radius 3 is 1.57 bits per heavy atom. The molecule has 0 spiro atoms. The standard InChI is InChI=1S/C36H62O6/c1-29(2)35(37)42-36(40-31-23-17-11-7-4-8-12-18-24-31,28-38-30-21-15-9-5-3-6-10-16-22-30)41-32-25-19-13-14-20-26-33-34(27-32)39-33/h30-34H,1,3-28H2,2H3. The molecule has 0 aromatic heterocycles. The van der Waals surface area contributed by atoms with Crippen molar-refractivity contribution in [3.8, 4) is 0 Å². The van der Waals surface area contributed by atoms with Crippen LogP contribution >= 0.6 is 0 Å². The Balaban J connectivity index is 1.55. The number of esters is 1. The number of epoxide rings is 1. The number of hydrogen-bond donors (Lipinski definition) is 0. The van der Waals surface area contributed by atoms with E-state index in [-0.39, 0.29) is 31.0 Å². The molecule has 6 heteroatoms. The fourth-order valence-electron chi connectivity index (χ4n) is 7.15. The number of fused-ring (bicyclic) bond motifs is 1. The van der Waals surface area contributed by atoms with E-state index in [0.29, 0.717) is 11.7 Å². The molecule has 6 nitrogen and oxygen atoms in total.